The number of thiazole rings is 1. The Morgan fingerprint density at radius 2 is 2.05 bits per heavy atom. The van der Waals surface area contributed by atoms with Gasteiger partial charge in [-0.15, -0.1) is 11.3 Å². The standard InChI is InChI=1S/C12H7F3NO2S/c13-12(14,15)9-4-2-1-3-8(9)11-10(5-18-7-17)16-6-19-11/h1-4,6H,5H2. The molecule has 0 aliphatic rings. The Morgan fingerprint density at radius 3 is 2.74 bits per heavy atom. The Labute approximate surface area is 110 Å². The van der Waals surface area contributed by atoms with Gasteiger partial charge in [-0.1, -0.05) is 18.2 Å². The molecule has 0 bridgehead atoms. The highest BCUT2D eigenvalue weighted by molar-refractivity contribution is 7.13. The van der Waals surface area contributed by atoms with Gasteiger partial charge in [0.15, 0.2) is 0 Å². The fraction of sp³-hybridized carbons (Fsp3) is 0.167. The lowest BCUT2D eigenvalue weighted by molar-refractivity contribution is -0.137. The smallest absolute Gasteiger partial charge is 0.417 e. The van der Waals surface area contributed by atoms with Gasteiger partial charge in [0, 0.05) is 5.56 Å². The van der Waals surface area contributed by atoms with E-state index in [1.807, 2.05) is 0 Å². The molecule has 1 heterocycles. The minimum Gasteiger partial charge on any atom is -0.451 e. The van der Waals surface area contributed by atoms with E-state index in [2.05, 4.69) is 9.72 Å². The van der Waals surface area contributed by atoms with Crippen molar-refractivity contribution in [3.05, 3.63) is 41.0 Å². The van der Waals surface area contributed by atoms with Crippen molar-refractivity contribution in [1.82, 2.24) is 4.98 Å². The molecule has 0 unspecified atom stereocenters. The molecule has 99 valence electrons. The molecule has 0 N–H and O–H groups in total. The first-order valence-electron chi connectivity index (χ1n) is 5.12. The van der Waals surface area contributed by atoms with Crippen molar-refractivity contribution in [2.45, 2.75) is 12.8 Å². The molecule has 1 aromatic heterocycles. The first-order chi connectivity index (χ1) is 9.04. The van der Waals surface area contributed by atoms with Gasteiger partial charge in [0.05, 0.1) is 21.6 Å². The third-order valence-electron chi connectivity index (χ3n) is 2.39. The Kier molecular flexibility index (Phi) is 3.84. The summed E-state index contributed by atoms with van der Waals surface area (Å²) in [5.41, 5.74) is 0.981. The molecule has 0 atom stereocenters. The number of ether oxygens (including phenoxy) is 1. The SMILES string of the molecule is O=[C]OCc1ncsc1-c1ccccc1C(F)(F)F. The van der Waals surface area contributed by atoms with Gasteiger partial charge in [-0.05, 0) is 6.07 Å². The molecule has 0 saturated heterocycles. The average Bonchev–Trinajstić information content (AvgIpc) is 2.83. The van der Waals surface area contributed by atoms with Gasteiger partial charge in [0.25, 0.3) is 0 Å². The number of hydrogen-bond donors (Lipinski definition) is 0. The fourth-order valence-corrected chi connectivity index (χ4v) is 2.46. The van der Waals surface area contributed by atoms with Crippen molar-refractivity contribution in [1.29, 1.82) is 0 Å². The largest absolute Gasteiger partial charge is 0.451 e. The number of carbonyl (C=O) groups excluding carboxylic acids is 1. The van der Waals surface area contributed by atoms with Crippen LogP contribution in [-0.2, 0) is 22.3 Å². The van der Waals surface area contributed by atoms with E-state index in [4.69, 9.17) is 0 Å². The molecule has 0 fully saturated rings. The number of benzene rings is 1. The Hall–Kier alpha value is -1.89. The predicted octanol–water partition coefficient (Wildman–Crippen LogP) is 3.41. The topological polar surface area (TPSA) is 39.2 Å². The molecular formula is C12H7F3NO2S. The molecule has 1 radical (unpaired) electrons. The van der Waals surface area contributed by atoms with Gasteiger partial charge in [-0.25, -0.2) is 9.78 Å². The summed E-state index contributed by atoms with van der Waals surface area (Å²) in [6.07, 6.45) is -4.45. The van der Waals surface area contributed by atoms with Crippen molar-refractivity contribution >= 4 is 17.8 Å². The number of alkyl halides is 3. The Balaban J connectivity index is 2.48. The van der Waals surface area contributed by atoms with Crippen LogP contribution in [0.3, 0.4) is 0 Å². The van der Waals surface area contributed by atoms with Gasteiger partial charge in [0.1, 0.15) is 6.61 Å². The number of nitrogens with zero attached hydrogens (tertiary/aromatic N) is 1. The number of aromatic nitrogens is 1. The van der Waals surface area contributed by atoms with E-state index >= 15 is 0 Å². The molecule has 1 aromatic carbocycles. The zero-order valence-corrected chi connectivity index (χ0v) is 10.2. The van der Waals surface area contributed by atoms with Crippen LogP contribution in [0.2, 0.25) is 0 Å². The summed E-state index contributed by atoms with van der Waals surface area (Å²) in [6.45, 7) is 1.02. The summed E-state index contributed by atoms with van der Waals surface area (Å²) in [7, 11) is 0. The second kappa shape index (κ2) is 5.40. The van der Waals surface area contributed by atoms with Crippen LogP contribution in [0.25, 0.3) is 10.4 Å². The van der Waals surface area contributed by atoms with E-state index < -0.39 is 11.7 Å². The second-order valence-corrected chi connectivity index (χ2v) is 4.40. The number of halogens is 3. The lowest BCUT2D eigenvalue weighted by Gasteiger charge is -2.12. The van der Waals surface area contributed by atoms with Crippen LogP contribution in [-0.4, -0.2) is 11.5 Å². The summed E-state index contributed by atoms with van der Waals surface area (Å²) in [5.74, 6) is 0. The monoisotopic (exact) mass is 286 g/mol. The summed E-state index contributed by atoms with van der Waals surface area (Å²) in [4.78, 5) is 14.3. The first kappa shape index (κ1) is 13.5. The maximum absolute atomic E-state index is 12.9. The lowest BCUT2D eigenvalue weighted by atomic mass is 10.0. The zero-order valence-electron chi connectivity index (χ0n) is 9.40. The highest BCUT2D eigenvalue weighted by atomic mass is 32.1. The summed E-state index contributed by atoms with van der Waals surface area (Å²) in [5, 5.41) is 0. The highest BCUT2D eigenvalue weighted by Gasteiger charge is 2.34. The fourth-order valence-electron chi connectivity index (χ4n) is 1.62. The molecule has 2 aromatic rings. The van der Waals surface area contributed by atoms with Crippen LogP contribution in [0.1, 0.15) is 11.3 Å². The summed E-state index contributed by atoms with van der Waals surface area (Å²) < 4.78 is 43.2. The Morgan fingerprint density at radius 1 is 1.32 bits per heavy atom. The molecule has 0 amide bonds. The van der Waals surface area contributed by atoms with Crippen LogP contribution in [0.15, 0.2) is 29.8 Å². The van der Waals surface area contributed by atoms with Gasteiger partial charge in [0.2, 0.25) is 0 Å². The van der Waals surface area contributed by atoms with Crippen LogP contribution in [0, 0.1) is 0 Å². The minimum atomic E-state index is -4.45. The average molecular weight is 286 g/mol. The third-order valence-corrected chi connectivity index (χ3v) is 3.29. The normalized spacial score (nSPS) is 11.3. The van der Waals surface area contributed by atoms with Gasteiger partial charge in [-0.3, -0.25) is 0 Å². The molecule has 0 aliphatic heterocycles. The van der Waals surface area contributed by atoms with Crippen molar-refractivity contribution in [2.24, 2.45) is 0 Å². The van der Waals surface area contributed by atoms with E-state index in [9.17, 15) is 18.0 Å². The number of hydrogen-bond acceptors (Lipinski definition) is 4. The molecule has 0 spiro atoms. The molecular weight excluding hydrogens is 279 g/mol. The van der Waals surface area contributed by atoms with E-state index in [1.54, 1.807) is 0 Å². The zero-order chi connectivity index (χ0) is 13.9. The van der Waals surface area contributed by atoms with Crippen LogP contribution < -0.4 is 0 Å². The minimum absolute atomic E-state index is 0.0296. The summed E-state index contributed by atoms with van der Waals surface area (Å²) >= 11 is 1.06. The molecule has 0 saturated carbocycles. The first-order valence-corrected chi connectivity index (χ1v) is 6.00. The van der Waals surface area contributed by atoms with Crippen LogP contribution >= 0.6 is 11.3 Å². The van der Waals surface area contributed by atoms with Crippen molar-refractivity contribution in [2.75, 3.05) is 0 Å². The highest BCUT2D eigenvalue weighted by Crippen LogP contribution is 2.39. The van der Waals surface area contributed by atoms with E-state index in [-0.39, 0.29) is 17.9 Å². The van der Waals surface area contributed by atoms with Crippen molar-refractivity contribution in [3.63, 3.8) is 0 Å². The molecule has 0 aliphatic carbocycles. The predicted molar refractivity (Wildman–Crippen MR) is 63.0 cm³/mol. The van der Waals surface area contributed by atoms with E-state index in [0.717, 1.165) is 17.4 Å². The second-order valence-electron chi connectivity index (χ2n) is 3.54. The lowest BCUT2D eigenvalue weighted by Crippen LogP contribution is -2.07. The van der Waals surface area contributed by atoms with Crippen LogP contribution in [0.5, 0.6) is 0 Å². The molecule has 2 rings (SSSR count). The molecule has 3 nitrogen and oxygen atoms in total. The Bertz CT molecular complexity index is 580. The van der Waals surface area contributed by atoms with Gasteiger partial charge >= 0.3 is 12.6 Å². The summed E-state index contributed by atoms with van der Waals surface area (Å²) in [6, 6.07) is 5.21. The quantitative estimate of drug-likeness (QED) is 0.864. The van der Waals surface area contributed by atoms with Gasteiger partial charge < -0.3 is 4.74 Å². The molecule has 7 heteroatoms. The molecule has 19 heavy (non-hydrogen) atoms. The number of rotatable bonds is 4. The maximum atomic E-state index is 12.9. The van der Waals surface area contributed by atoms with E-state index in [0.29, 0.717) is 4.88 Å². The van der Waals surface area contributed by atoms with Crippen molar-refractivity contribution in [3.8, 4) is 10.4 Å². The van der Waals surface area contributed by atoms with Crippen LogP contribution in [0.4, 0.5) is 13.2 Å². The van der Waals surface area contributed by atoms with E-state index in [1.165, 1.54) is 30.2 Å². The maximum Gasteiger partial charge on any atom is 0.417 e. The third kappa shape index (κ3) is 2.93. The van der Waals surface area contributed by atoms with Crippen molar-refractivity contribution < 1.29 is 22.7 Å². The van der Waals surface area contributed by atoms with Gasteiger partial charge in [-0.2, -0.15) is 13.2 Å².